The molecular formula is C18H20N2O3S. The molecule has 1 aromatic carbocycles. The van der Waals surface area contributed by atoms with Crippen molar-refractivity contribution in [2.75, 3.05) is 26.3 Å². The van der Waals surface area contributed by atoms with E-state index in [4.69, 9.17) is 9.47 Å². The van der Waals surface area contributed by atoms with Crippen molar-refractivity contribution in [2.45, 2.75) is 25.7 Å². The van der Waals surface area contributed by atoms with E-state index < -0.39 is 0 Å². The van der Waals surface area contributed by atoms with Gasteiger partial charge in [-0.2, -0.15) is 0 Å². The number of fused-ring (bicyclic) bond motifs is 1. The van der Waals surface area contributed by atoms with E-state index in [1.807, 2.05) is 24.0 Å². The first-order chi connectivity index (χ1) is 11.7. The number of hydrogen-bond acceptors (Lipinski definition) is 5. The lowest BCUT2D eigenvalue weighted by Crippen LogP contribution is -2.39. The lowest BCUT2D eigenvalue weighted by molar-refractivity contribution is 0.0706. The van der Waals surface area contributed by atoms with Gasteiger partial charge in [-0.05, 0) is 38.0 Å². The zero-order valence-electron chi connectivity index (χ0n) is 13.7. The Kier molecular flexibility index (Phi) is 4.14. The van der Waals surface area contributed by atoms with Crippen molar-refractivity contribution in [1.82, 2.24) is 9.88 Å². The molecule has 4 rings (SSSR count). The fourth-order valence-corrected chi connectivity index (χ4v) is 4.21. The lowest BCUT2D eigenvalue weighted by Gasteiger charge is -2.32. The van der Waals surface area contributed by atoms with E-state index >= 15 is 0 Å². The van der Waals surface area contributed by atoms with E-state index in [1.165, 1.54) is 0 Å². The molecule has 1 atom stereocenters. The number of benzene rings is 1. The first-order valence-electron chi connectivity index (χ1n) is 8.31. The van der Waals surface area contributed by atoms with Gasteiger partial charge in [0.05, 0.1) is 5.01 Å². The van der Waals surface area contributed by atoms with Crippen molar-refractivity contribution < 1.29 is 14.3 Å². The van der Waals surface area contributed by atoms with E-state index in [2.05, 4.69) is 10.4 Å². The molecular weight excluding hydrogens is 324 g/mol. The third-order valence-electron chi connectivity index (χ3n) is 4.48. The van der Waals surface area contributed by atoms with E-state index in [9.17, 15) is 4.79 Å². The van der Waals surface area contributed by atoms with Crippen LogP contribution in [0.15, 0.2) is 23.6 Å². The third kappa shape index (κ3) is 2.98. The number of thiazole rings is 1. The third-order valence-corrected chi connectivity index (χ3v) is 5.61. The molecule has 0 bridgehead atoms. The molecule has 1 fully saturated rings. The zero-order valence-corrected chi connectivity index (χ0v) is 14.5. The lowest BCUT2D eigenvalue weighted by atomic mass is 9.98. The number of likely N-dealkylation sites (tertiary alicyclic amines) is 1. The fourth-order valence-electron chi connectivity index (χ4n) is 3.28. The summed E-state index contributed by atoms with van der Waals surface area (Å²) in [4.78, 5) is 19.4. The minimum Gasteiger partial charge on any atom is -0.486 e. The van der Waals surface area contributed by atoms with Crippen LogP contribution in [0, 0.1) is 6.92 Å². The molecule has 0 aliphatic carbocycles. The first kappa shape index (κ1) is 15.4. The highest BCUT2D eigenvalue weighted by Crippen LogP contribution is 2.33. The van der Waals surface area contributed by atoms with Gasteiger partial charge in [0.25, 0.3) is 5.91 Å². The van der Waals surface area contributed by atoms with E-state index in [0.717, 1.165) is 36.6 Å². The quantitative estimate of drug-likeness (QED) is 0.839. The van der Waals surface area contributed by atoms with Gasteiger partial charge < -0.3 is 14.4 Å². The van der Waals surface area contributed by atoms with Gasteiger partial charge in [0.2, 0.25) is 0 Å². The summed E-state index contributed by atoms with van der Waals surface area (Å²) in [6.45, 7) is 4.64. The largest absolute Gasteiger partial charge is 0.486 e. The number of amides is 1. The molecule has 126 valence electrons. The maximum atomic E-state index is 12.9. The van der Waals surface area contributed by atoms with Crippen LogP contribution in [0.2, 0.25) is 0 Å². The molecule has 5 nitrogen and oxygen atoms in total. The molecule has 0 spiro atoms. The van der Waals surface area contributed by atoms with Gasteiger partial charge >= 0.3 is 0 Å². The summed E-state index contributed by atoms with van der Waals surface area (Å²) in [6.07, 6.45) is 2.11. The second-order valence-electron chi connectivity index (χ2n) is 6.28. The minimum absolute atomic E-state index is 0.0601. The van der Waals surface area contributed by atoms with Crippen molar-refractivity contribution in [3.8, 4) is 11.5 Å². The minimum atomic E-state index is 0.0601. The van der Waals surface area contributed by atoms with E-state index in [1.54, 1.807) is 17.4 Å². The smallest absolute Gasteiger partial charge is 0.254 e. The number of ether oxygens (including phenoxy) is 2. The molecule has 0 N–H and O–H groups in total. The highest BCUT2D eigenvalue weighted by molar-refractivity contribution is 7.09. The number of piperidine rings is 1. The number of carbonyl (C=O) groups is 1. The molecule has 0 saturated carbocycles. The summed E-state index contributed by atoms with van der Waals surface area (Å²) in [5.74, 6) is 1.78. The van der Waals surface area contributed by atoms with E-state index in [-0.39, 0.29) is 5.91 Å². The Balaban J connectivity index is 1.51. The van der Waals surface area contributed by atoms with Crippen LogP contribution < -0.4 is 9.47 Å². The van der Waals surface area contributed by atoms with Crippen LogP contribution in [0.4, 0.5) is 0 Å². The predicted octanol–water partition coefficient (Wildman–Crippen LogP) is 3.24. The molecule has 0 unspecified atom stereocenters. The predicted molar refractivity (Wildman–Crippen MR) is 92.2 cm³/mol. The summed E-state index contributed by atoms with van der Waals surface area (Å²) in [5.41, 5.74) is 1.72. The van der Waals surface area contributed by atoms with Crippen molar-refractivity contribution in [1.29, 1.82) is 0 Å². The average Bonchev–Trinajstić information content (AvgIpc) is 3.07. The molecule has 2 aliphatic heterocycles. The van der Waals surface area contributed by atoms with Gasteiger partial charge in [0, 0.05) is 35.6 Å². The Bertz CT molecular complexity index is 758. The van der Waals surface area contributed by atoms with E-state index in [0.29, 0.717) is 36.2 Å². The van der Waals surface area contributed by atoms with Crippen molar-refractivity contribution in [2.24, 2.45) is 0 Å². The number of hydrogen-bond donors (Lipinski definition) is 0. The highest BCUT2D eigenvalue weighted by Gasteiger charge is 2.27. The standard InChI is InChI=1S/C18H20N2O3S/c1-12-11-24-17(19-12)14-3-2-6-20(10-14)18(21)13-4-5-15-16(9-13)23-8-7-22-15/h4-5,9,11,14H,2-3,6-8,10H2,1H3/t14-/m1/s1. The van der Waals surface area contributed by atoms with Crippen LogP contribution >= 0.6 is 11.3 Å². The molecule has 0 radical (unpaired) electrons. The van der Waals surface area contributed by atoms with Gasteiger partial charge in [-0.3, -0.25) is 4.79 Å². The van der Waals surface area contributed by atoms with Gasteiger partial charge in [-0.15, -0.1) is 11.3 Å². The normalized spacial score (nSPS) is 20.0. The van der Waals surface area contributed by atoms with Crippen LogP contribution in [0.1, 0.15) is 39.8 Å². The van der Waals surface area contributed by atoms with Crippen LogP contribution in [-0.2, 0) is 0 Å². The summed E-state index contributed by atoms with van der Waals surface area (Å²) < 4.78 is 11.1. The Morgan fingerprint density at radius 3 is 2.92 bits per heavy atom. The molecule has 24 heavy (non-hydrogen) atoms. The molecule has 6 heteroatoms. The number of aromatic nitrogens is 1. The van der Waals surface area contributed by atoms with Gasteiger partial charge in [0.15, 0.2) is 11.5 Å². The second kappa shape index (κ2) is 6.43. The van der Waals surface area contributed by atoms with Gasteiger partial charge in [-0.1, -0.05) is 0 Å². The number of nitrogens with zero attached hydrogens (tertiary/aromatic N) is 2. The summed E-state index contributed by atoms with van der Waals surface area (Å²) in [6, 6.07) is 5.45. The second-order valence-corrected chi connectivity index (χ2v) is 7.17. The topological polar surface area (TPSA) is 51.7 Å². The van der Waals surface area contributed by atoms with Crippen LogP contribution in [0.3, 0.4) is 0 Å². The zero-order chi connectivity index (χ0) is 16.5. The van der Waals surface area contributed by atoms with Crippen LogP contribution in [0.25, 0.3) is 0 Å². The average molecular weight is 344 g/mol. The number of aryl methyl sites for hydroxylation is 1. The van der Waals surface area contributed by atoms with Crippen molar-refractivity contribution in [3.63, 3.8) is 0 Å². The monoisotopic (exact) mass is 344 g/mol. The van der Waals surface area contributed by atoms with Gasteiger partial charge in [-0.25, -0.2) is 4.98 Å². The molecule has 3 heterocycles. The fraction of sp³-hybridized carbons (Fsp3) is 0.444. The molecule has 2 aromatic rings. The molecule has 1 aromatic heterocycles. The Morgan fingerprint density at radius 1 is 1.29 bits per heavy atom. The molecule has 2 aliphatic rings. The Morgan fingerprint density at radius 2 is 2.12 bits per heavy atom. The summed E-state index contributed by atoms with van der Waals surface area (Å²) >= 11 is 1.70. The summed E-state index contributed by atoms with van der Waals surface area (Å²) in [7, 11) is 0. The highest BCUT2D eigenvalue weighted by atomic mass is 32.1. The SMILES string of the molecule is Cc1csc([C@@H]2CCCN(C(=O)c3ccc4c(c3)OCCO4)C2)n1. The van der Waals surface area contributed by atoms with Crippen molar-refractivity contribution in [3.05, 3.63) is 39.8 Å². The Labute approximate surface area is 145 Å². The summed E-state index contributed by atoms with van der Waals surface area (Å²) in [5, 5.41) is 3.23. The number of carbonyl (C=O) groups excluding carboxylic acids is 1. The van der Waals surface area contributed by atoms with Crippen LogP contribution in [-0.4, -0.2) is 42.1 Å². The number of rotatable bonds is 2. The Hall–Kier alpha value is -2.08. The van der Waals surface area contributed by atoms with Crippen LogP contribution in [0.5, 0.6) is 11.5 Å². The molecule has 1 amide bonds. The van der Waals surface area contributed by atoms with Gasteiger partial charge in [0.1, 0.15) is 13.2 Å². The maximum absolute atomic E-state index is 12.9. The maximum Gasteiger partial charge on any atom is 0.254 e. The molecule has 1 saturated heterocycles. The van der Waals surface area contributed by atoms with Crippen molar-refractivity contribution >= 4 is 17.2 Å². The first-order valence-corrected chi connectivity index (χ1v) is 9.19.